The van der Waals surface area contributed by atoms with Crippen LogP contribution in [0.25, 0.3) is 0 Å². The molecule has 2 N–H and O–H groups in total. The predicted octanol–water partition coefficient (Wildman–Crippen LogP) is 1.58. The van der Waals surface area contributed by atoms with Gasteiger partial charge in [0.1, 0.15) is 5.82 Å². The van der Waals surface area contributed by atoms with E-state index in [1.165, 1.54) is 0 Å². The first kappa shape index (κ1) is 14.0. The molecule has 2 aliphatic rings. The number of ether oxygens (including phenoxy) is 2. The van der Waals surface area contributed by atoms with Crippen LogP contribution >= 0.6 is 0 Å². The van der Waals surface area contributed by atoms with Crippen LogP contribution in [0.5, 0.6) is 0 Å². The first-order chi connectivity index (χ1) is 9.76. The monoisotopic (exact) mass is 279 g/mol. The second kappa shape index (κ2) is 6.24. The Hall–Kier alpha value is -0.910. The highest BCUT2D eigenvalue weighted by atomic mass is 16.5. The number of imidazole rings is 1. The van der Waals surface area contributed by atoms with E-state index in [4.69, 9.17) is 9.47 Å². The van der Waals surface area contributed by atoms with Gasteiger partial charge in [-0.1, -0.05) is 0 Å². The topological polar surface area (TPSA) is 59.2 Å². The molecular formula is C15H25N3O2. The normalized spacial score (nSPS) is 25.9. The Morgan fingerprint density at radius 3 is 3.00 bits per heavy atom. The Morgan fingerprint density at radius 1 is 1.40 bits per heavy atom. The van der Waals surface area contributed by atoms with Gasteiger partial charge in [-0.2, -0.15) is 0 Å². The van der Waals surface area contributed by atoms with Crippen molar-refractivity contribution in [3.05, 3.63) is 17.7 Å². The Balaban J connectivity index is 1.45. The summed E-state index contributed by atoms with van der Waals surface area (Å²) >= 11 is 0. The Kier molecular flexibility index (Phi) is 4.38. The van der Waals surface area contributed by atoms with E-state index in [1.54, 1.807) is 0 Å². The van der Waals surface area contributed by atoms with Gasteiger partial charge in [-0.15, -0.1) is 0 Å². The molecule has 0 radical (unpaired) electrons. The largest absolute Gasteiger partial charge is 0.381 e. The van der Waals surface area contributed by atoms with Gasteiger partial charge in [-0.25, -0.2) is 4.98 Å². The molecule has 0 saturated carbocycles. The second-order valence-electron chi connectivity index (χ2n) is 6.05. The minimum atomic E-state index is 0.0788. The van der Waals surface area contributed by atoms with Crippen LogP contribution in [0.1, 0.15) is 37.2 Å². The molecule has 1 spiro atoms. The summed E-state index contributed by atoms with van der Waals surface area (Å²) in [4.78, 5) is 7.62. The van der Waals surface area contributed by atoms with Gasteiger partial charge in [0.25, 0.3) is 0 Å². The molecule has 0 aromatic carbocycles. The van der Waals surface area contributed by atoms with Crippen LogP contribution in [0, 0.1) is 6.92 Å². The highest BCUT2D eigenvalue weighted by Crippen LogP contribution is 2.34. The molecule has 20 heavy (non-hydrogen) atoms. The van der Waals surface area contributed by atoms with Gasteiger partial charge in [0.2, 0.25) is 0 Å². The second-order valence-corrected chi connectivity index (χ2v) is 6.05. The highest BCUT2D eigenvalue weighted by Gasteiger charge is 2.38. The predicted molar refractivity (Wildman–Crippen MR) is 76.8 cm³/mol. The first-order valence-corrected chi connectivity index (χ1v) is 7.71. The molecule has 3 heterocycles. The summed E-state index contributed by atoms with van der Waals surface area (Å²) in [5, 5.41) is 3.67. The third-order valence-electron chi connectivity index (χ3n) is 4.45. The lowest BCUT2D eigenvalue weighted by Crippen LogP contribution is -2.50. The van der Waals surface area contributed by atoms with E-state index in [0.29, 0.717) is 6.04 Å². The van der Waals surface area contributed by atoms with Gasteiger partial charge < -0.3 is 19.8 Å². The van der Waals surface area contributed by atoms with Crippen molar-refractivity contribution in [1.29, 1.82) is 0 Å². The third-order valence-corrected chi connectivity index (χ3v) is 4.45. The third kappa shape index (κ3) is 3.40. The summed E-state index contributed by atoms with van der Waals surface area (Å²) < 4.78 is 11.5. The average Bonchev–Trinajstić information content (AvgIpc) is 2.86. The molecule has 1 aromatic heterocycles. The number of hydrogen-bond donors (Lipinski definition) is 2. The van der Waals surface area contributed by atoms with Crippen LogP contribution in [0.2, 0.25) is 0 Å². The molecule has 112 valence electrons. The Morgan fingerprint density at radius 2 is 2.25 bits per heavy atom. The molecule has 5 heteroatoms. The lowest BCUT2D eigenvalue weighted by atomic mass is 9.84. The van der Waals surface area contributed by atoms with Crippen molar-refractivity contribution in [2.24, 2.45) is 0 Å². The van der Waals surface area contributed by atoms with Gasteiger partial charge in [-0.05, 0) is 32.6 Å². The number of nitrogens with one attached hydrogen (secondary N) is 2. The zero-order valence-corrected chi connectivity index (χ0v) is 12.3. The van der Waals surface area contributed by atoms with Crippen LogP contribution in [0.15, 0.2) is 6.20 Å². The number of H-pyrrole nitrogens is 1. The molecule has 5 nitrogen and oxygen atoms in total. The zero-order chi connectivity index (χ0) is 13.8. The average molecular weight is 279 g/mol. The van der Waals surface area contributed by atoms with E-state index in [9.17, 15) is 0 Å². The van der Waals surface area contributed by atoms with Crippen molar-refractivity contribution in [2.45, 2.75) is 50.7 Å². The fraction of sp³-hybridized carbons (Fsp3) is 0.800. The molecule has 2 saturated heterocycles. The molecule has 2 fully saturated rings. The number of hydrogen-bond acceptors (Lipinski definition) is 4. The highest BCUT2D eigenvalue weighted by molar-refractivity contribution is 4.99. The number of nitrogens with zero attached hydrogens (tertiary/aromatic N) is 1. The van der Waals surface area contributed by atoms with Crippen LogP contribution in [0.3, 0.4) is 0 Å². The standard InChI is InChI=1S/C15H25N3O2/c1-12-11-17-14(18-12)2-6-16-13-3-7-20-15(10-13)4-8-19-9-5-15/h11,13,16H,2-10H2,1H3,(H,17,18)/t13-/m0/s1. The molecular weight excluding hydrogens is 254 g/mol. The number of aromatic nitrogens is 2. The molecule has 3 rings (SSSR count). The van der Waals surface area contributed by atoms with Gasteiger partial charge in [-0.3, -0.25) is 0 Å². The quantitative estimate of drug-likeness (QED) is 0.878. The smallest absolute Gasteiger partial charge is 0.107 e. The molecule has 0 bridgehead atoms. The molecule has 1 aromatic rings. The molecule has 1 atom stereocenters. The summed E-state index contributed by atoms with van der Waals surface area (Å²) in [5.74, 6) is 1.07. The van der Waals surface area contributed by atoms with Crippen molar-refractivity contribution in [3.63, 3.8) is 0 Å². The minimum Gasteiger partial charge on any atom is -0.381 e. The van der Waals surface area contributed by atoms with Crippen molar-refractivity contribution < 1.29 is 9.47 Å². The molecule has 0 aliphatic carbocycles. The van der Waals surface area contributed by atoms with Crippen molar-refractivity contribution in [2.75, 3.05) is 26.4 Å². The Bertz CT molecular complexity index is 421. The summed E-state index contributed by atoms with van der Waals surface area (Å²) in [6, 6.07) is 0.568. The van der Waals surface area contributed by atoms with Crippen LogP contribution in [-0.2, 0) is 15.9 Å². The number of rotatable bonds is 4. The first-order valence-electron chi connectivity index (χ1n) is 7.71. The van der Waals surface area contributed by atoms with Crippen molar-refractivity contribution in [1.82, 2.24) is 15.3 Å². The molecule has 2 aliphatic heterocycles. The van der Waals surface area contributed by atoms with Gasteiger partial charge in [0, 0.05) is 50.7 Å². The number of aryl methyl sites for hydroxylation is 1. The van der Waals surface area contributed by atoms with Crippen LogP contribution < -0.4 is 5.32 Å². The van der Waals surface area contributed by atoms with E-state index in [-0.39, 0.29) is 5.60 Å². The zero-order valence-electron chi connectivity index (χ0n) is 12.3. The van der Waals surface area contributed by atoms with Crippen LogP contribution in [0.4, 0.5) is 0 Å². The van der Waals surface area contributed by atoms with Gasteiger partial charge >= 0.3 is 0 Å². The maximum atomic E-state index is 6.07. The van der Waals surface area contributed by atoms with Crippen LogP contribution in [-0.4, -0.2) is 48.0 Å². The van der Waals surface area contributed by atoms with Gasteiger partial charge in [0.05, 0.1) is 5.60 Å². The lowest BCUT2D eigenvalue weighted by molar-refractivity contribution is -0.140. The maximum Gasteiger partial charge on any atom is 0.107 e. The summed E-state index contributed by atoms with van der Waals surface area (Å²) in [5.41, 5.74) is 1.21. The van der Waals surface area contributed by atoms with Crippen molar-refractivity contribution in [3.8, 4) is 0 Å². The minimum absolute atomic E-state index is 0.0788. The van der Waals surface area contributed by atoms with E-state index >= 15 is 0 Å². The van der Waals surface area contributed by atoms with Gasteiger partial charge in [0.15, 0.2) is 0 Å². The van der Waals surface area contributed by atoms with E-state index in [1.807, 2.05) is 13.1 Å². The molecule has 0 unspecified atom stereocenters. The van der Waals surface area contributed by atoms with E-state index in [2.05, 4.69) is 15.3 Å². The fourth-order valence-corrected chi connectivity index (χ4v) is 3.28. The molecule has 0 amide bonds. The lowest BCUT2D eigenvalue weighted by Gasteiger charge is -2.43. The van der Waals surface area contributed by atoms with Crippen molar-refractivity contribution >= 4 is 0 Å². The Labute approximate surface area is 120 Å². The summed E-state index contributed by atoms with van der Waals surface area (Å²) in [7, 11) is 0. The van der Waals surface area contributed by atoms with E-state index in [0.717, 1.165) is 70.0 Å². The summed E-state index contributed by atoms with van der Waals surface area (Å²) in [6.45, 7) is 5.58. The summed E-state index contributed by atoms with van der Waals surface area (Å²) in [6.07, 6.45) is 7.17. The SMILES string of the molecule is Cc1cnc(CCN[C@H]2CCOC3(CCOCC3)C2)[nH]1. The maximum absolute atomic E-state index is 6.07. The van der Waals surface area contributed by atoms with E-state index < -0.39 is 0 Å². The fourth-order valence-electron chi connectivity index (χ4n) is 3.28. The number of aromatic amines is 1.